The second-order valence-electron chi connectivity index (χ2n) is 3.34. The predicted molar refractivity (Wildman–Crippen MR) is 62.8 cm³/mol. The van der Waals surface area contributed by atoms with E-state index in [1.54, 1.807) is 14.2 Å². The summed E-state index contributed by atoms with van der Waals surface area (Å²) >= 11 is 0. The maximum absolute atomic E-state index is 11.9. The van der Waals surface area contributed by atoms with Crippen molar-refractivity contribution in [1.82, 2.24) is 4.31 Å². The Bertz CT molecular complexity index is 248. The van der Waals surface area contributed by atoms with Crippen LogP contribution >= 0.6 is 0 Å². The van der Waals surface area contributed by atoms with Crippen molar-refractivity contribution in [2.45, 2.75) is 6.42 Å². The minimum absolute atomic E-state index is 0.0803. The van der Waals surface area contributed by atoms with Crippen molar-refractivity contribution in [3.63, 3.8) is 0 Å². The Balaban J connectivity index is 4.33. The number of sulfonamides is 1. The molecule has 0 unspecified atom stereocenters. The van der Waals surface area contributed by atoms with Gasteiger partial charge in [0.25, 0.3) is 0 Å². The number of nitrogens with two attached hydrogens (primary N) is 1. The first kappa shape index (κ1) is 15.8. The highest BCUT2D eigenvalue weighted by molar-refractivity contribution is 7.89. The molecule has 0 fully saturated rings. The fraction of sp³-hybridized carbons (Fsp3) is 1.00. The molecule has 2 N–H and O–H groups in total. The number of hydrogen-bond donors (Lipinski definition) is 1. The molecular weight excluding hydrogens is 232 g/mol. The molecule has 0 rings (SSSR count). The van der Waals surface area contributed by atoms with E-state index in [4.69, 9.17) is 15.2 Å². The highest BCUT2D eigenvalue weighted by Gasteiger charge is 2.20. The van der Waals surface area contributed by atoms with Gasteiger partial charge < -0.3 is 15.2 Å². The molecule has 0 radical (unpaired) electrons. The summed E-state index contributed by atoms with van der Waals surface area (Å²) < 4.78 is 34.9. The van der Waals surface area contributed by atoms with Crippen molar-refractivity contribution in [1.29, 1.82) is 0 Å². The molecule has 0 aromatic heterocycles. The topological polar surface area (TPSA) is 81.9 Å². The van der Waals surface area contributed by atoms with Crippen molar-refractivity contribution in [3.8, 4) is 0 Å². The number of hydrogen-bond acceptors (Lipinski definition) is 5. The van der Waals surface area contributed by atoms with Gasteiger partial charge in [-0.2, -0.15) is 4.31 Å². The summed E-state index contributed by atoms with van der Waals surface area (Å²) in [7, 11) is -0.150. The molecule has 0 bridgehead atoms. The van der Waals surface area contributed by atoms with Crippen LogP contribution in [0.1, 0.15) is 6.42 Å². The van der Waals surface area contributed by atoms with Crippen LogP contribution in [0.15, 0.2) is 0 Å². The van der Waals surface area contributed by atoms with Crippen LogP contribution < -0.4 is 5.73 Å². The van der Waals surface area contributed by atoms with Gasteiger partial charge in [0.2, 0.25) is 10.0 Å². The van der Waals surface area contributed by atoms with Crippen molar-refractivity contribution in [3.05, 3.63) is 0 Å². The van der Waals surface area contributed by atoms with Crippen LogP contribution in [0.3, 0.4) is 0 Å². The first-order valence-electron chi connectivity index (χ1n) is 5.24. The lowest BCUT2D eigenvalue weighted by molar-refractivity contribution is 0.150. The Morgan fingerprint density at radius 3 is 2.00 bits per heavy atom. The predicted octanol–water partition coefficient (Wildman–Crippen LogP) is -0.740. The normalized spacial score (nSPS) is 12.2. The first-order chi connectivity index (χ1) is 7.58. The molecule has 0 atom stereocenters. The molecule has 16 heavy (non-hydrogen) atoms. The van der Waals surface area contributed by atoms with E-state index in [1.165, 1.54) is 4.31 Å². The quantitative estimate of drug-likeness (QED) is 0.555. The summed E-state index contributed by atoms with van der Waals surface area (Å²) in [6, 6.07) is 0. The number of ether oxygens (including phenoxy) is 2. The standard InChI is InChI=1S/C9H22N2O4S/c1-14-7-5-11(6-8-15-2)16(12,13)9-3-4-10/h3-10H2,1-2H3. The minimum atomic E-state index is -3.24. The Morgan fingerprint density at radius 2 is 1.62 bits per heavy atom. The maximum Gasteiger partial charge on any atom is 0.214 e. The van der Waals surface area contributed by atoms with E-state index >= 15 is 0 Å². The largest absolute Gasteiger partial charge is 0.383 e. The van der Waals surface area contributed by atoms with Gasteiger partial charge in [-0.15, -0.1) is 0 Å². The third-order valence-corrected chi connectivity index (χ3v) is 4.05. The van der Waals surface area contributed by atoms with Crippen LogP contribution in [0.5, 0.6) is 0 Å². The Hall–Kier alpha value is -0.210. The molecule has 0 amide bonds. The van der Waals surface area contributed by atoms with Crippen LogP contribution in [0.25, 0.3) is 0 Å². The van der Waals surface area contributed by atoms with Gasteiger partial charge in [0, 0.05) is 27.3 Å². The molecule has 0 aliphatic carbocycles. The van der Waals surface area contributed by atoms with E-state index in [-0.39, 0.29) is 5.75 Å². The Labute approximate surface area is 97.7 Å². The molecule has 0 heterocycles. The second kappa shape index (κ2) is 8.89. The zero-order valence-corrected chi connectivity index (χ0v) is 10.8. The molecule has 98 valence electrons. The molecule has 0 aliphatic rings. The fourth-order valence-corrected chi connectivity index (χ4v) is 2.67. The zero-order valence-electron chi connectivity index (χ0n) is 10.0. The molecular formula is C9H22N2O4S. The van der Waals surface area contributed by atoms with E-state index in [0.717, 1.165) is 0 Å². The summed E-state index contributed by atoms with van der Waals surface area (Å²) in [5, 5.41) is 0. The maximum atomic E-state index is 11.9. The van der Waals surface area contributed by atoms with Crippen LogP contribution in [0.4, 0.5) is 0 Å². The minimum Gasteiger partial charge on any atom is -0.383 e. The summed E-state index contributed by atoms with van der Waals surface area (Å²) in [5.74, 6) is 0.0803. The lowest BCUT2D eigenvalue weighted by Gasteiger charge is -2.21. The Morgan fingerprint density at radius 1 is 1.12 bits per heavy atom. The molecule has 0 aromatic carbocycles. The van der Waals surface area contributed by atoms with E-state index in [2.05, 4.69) is 0 Å². The van der Waals surface area contributed by atoms with Gasteiger partial charge in [0.05, 0.1) is 19.0 Å². The first-order valence-corrected chi connectivity index (χ1v) is 6.85. The second-order valence-corrected chi connectivity index (χ2v) is 5.43. The summed E-state index contributed by atoms with van der Waals surface area (Å²) in [5.41, 5.74) is 5.30. The van der Waals surface area contributed by atoms with Gasteiger partial charge in [-0.3, -0.25) is 0 Å². The number of nitrogens with zero attached hydrogens (tertiary/aromatic N) is 1. The van der Waals surface area contributed by atoms with Crippen molar-refractivity contribution in [2.24, 2.45) is 5.73 Å². The summed E-state index contributed by atoms with van der Waals surface area (Å²) in [6.07, 6.45) is 0.471. The van der Waals surface area contributed by atoms with E-state index in [0.29, 0.717) is 39.3 Å². The monoisotopic (exact) mass is 254 g/mol. The molecule has 6 nitrogen and oxygen atoms in total. The van der Waals surface area contributed by atoms with Gasteiger partial charge >= 0.3 is 0 Å². The number of methoxy groups -OCH3 is 2. The van der Waals surface area contributed by atoms with Crippen molar-refractivity contribution in [2.75, 3.05) is 52.8 Å². The van der Waals surface area contributed by atoms with Gasteiger partial charge in [0.1, 0.15) is 0 Å². The van der Waals surface area contributed by atoms with Gasteiger partial charge in [0.15, 0.2) is 0 Å². The molecule has 0 saturated carbocycles. The Kier molecular flexibility index (Phi) is 8.77. The molecule has 0 aromatic rings. The van der Waals surface area contributed by atoms with Crippen molar-refractivity contribution >= 4 is 10.0 Å². The van der Waals surface area contributed by atoms with E-state index < -0.39 is 10.0 Å². The lowest BCUT2D eigenvalue weighted by Crippen LogP contribution is -2.38. The van der Waals surface area contributed by atoms with Crippen LogP contribution in [-0.4, -0.2) is 65.5 Å². The molecule has 7 heteroatoms. The van der Waals surface area contributed by atoms with E-state index in [1.807, 2.05) is 0 Å². The van der Waals surface area contributed by atoms with Crippen LogP contribution in [0.2, 0.25) is 0 Å². The molecule has 0 spiro atoms. The average Bonchev–Trinajstić information content (AvgIpc) is 2.26. The molecule has 0 aliphatic heterocycles. The van der Waals surface area contributed by atoms with Gasteiger partial charge in [-0.1, -0.05) is 0 Å². The third kappa shape index (κ3) is 6.39. The average molecular weight is 254 g/mol. The van der Waals surface area contributed by atoms with Crippen LogP contribution in [0, 0.1) is 0 Å². The molecule has 0 saturated heterocycles. The van der Waals surface area contributed by atoms with Gasteiger partial charge in [-0.25, -0.2) is 8.42 Å². The highest BCUT2D eigenvalue weighted by Crippen LogP contribution is 2.03. The summed E-state index contributed by atoms with van der Waals surface area (Å²) in [4.78, 5) is 0. The smallest absolute Gasteiger partial charge is 0.214 e. The fourth-order valence-electron chi connectivity index (χ4n) is 1.17. The SMILES string of the molecule is COCCN(CCOC)S(=O)(=O)CCCN. The van der Waals surface area contributed by atoms with E-state index in [9.17, 15) is 8.42 Å². The lowest BCUT2D eigenvalue weighted by atomic mass is 10.5. The van der Waals surface area contributed by atoms with Crippen LogP contribution in [-0.2, 0) is 19.5 Å². The zero-order chi connectivity index (χ0) is 12.4. The van der Waals surface area contributed by atoms with Crippen molar-refractivity contribution < 1.29 is 17.9 Å². The number of rotatable bonds is 10. The van der Waals surface area contributed by atoms with Gasteiger partial charge in [-0.05, 0) is 13.0 Å². The third-order valence-electron chi connectivity index (χ3n) is 2.09. The summed E-state index contributed by atoms with van der Waals surface area (Å²) in [6.45, 7) is 1.85. The highest BCUT2D eigenvalue weighted by atomic mass is 32.2.